The number of rotatable bonds is 8. The summed E-state index contributed by atoms with van der Waals surface area (Å²) in [5.74, 6) is -2.22. The molecule has 1 spiro atoms. The number of benzene rings is 2. The van der Waals surface area contributed by atoms with Crippen molar-refractivity contribution in [3.05, 3.63) is 65.0 Å². The molecule has 0 aromatic heterocycles. The summed E-state index contributed by atoms with van der Waals surface area (Å²) in [6.07, 6.45) is 3.04. The molecule has 0 unspecified atom stereocenters. The van der Waals surface area contributed by atoms with Gasteiger partial charge in [-0.1, -0.05) is 25.5 Å². The molecule has 218 valence electrons. The van der Waals surface area contributed by atoms with Gasteiger partial charge in [-0.15, -0.1) is 0 Å². The molecule has 2 aromatic carbocycles. The number of carbonyl (C=O) groups is 4. The summed E-state index contributed by atoms with van der Waals surface area (Å²) in [5.41, 5.74) is 0.754. The molecule has 1 saturated carbocycles. The molecule has 2 heterocycles. The third kappa shape index (κ3) is 5.64. The highest BCUT2D eigenvalue weighted by Crippen LogP contribution is 2.41. The van der Waals surface area contributed by atoms with Crippen LogP contribution >= 0.6 is 0 Å². The van der Waals surface area contributed by atoms with Crippen molar-refractivity contribution in [1.82, 2.24) is 15.1 Å². The van der Waals surface area contributed by atoms with E-state index in [1.54, 1.807) is 42.2 Å². The number of hydrogen-bond acceptors (Lipinski definition) is 5. The van der Waals surface area contributed by atoms with Crippen molar-refractivity contribution in [1.29, 1.82) is 0 Å². The Hall–Kier alpha value is -3.95. The minimum Gasteiger partial charge on any atom is -0.478 e. The van der Waals surface area contributed by atoms with Gasteiger partial charge in [-0.25, -0.2) is 9.18 Å². The van der Waals surface area contributed by atoms with Gasteiger partial charge in [0.25, 0.3) is 5.91 Å². The van der Waals surface area contributed by atoms with E-state index in [9.17, 15) is 28.7 Å². The van der Waals surface area contributed by atoms with Crippen LogP contribution in [0.2, 0.25) is 0 Å². The SMILES string of the molecule is Cc1ccc(F)c(C(=O)N[C@@H](C(=O)N2CCC3(CC2)C(=O)N(CC2CC2)CN3c2ccc(C(=O)O)cc2)C(C)C)c1. The molecule has 3 amide bonds. The summed E-state index contributed by atoms with van der Waals surface area (Å²) in [6.45, 7) is 7.20. The Morgan fingerprint density at radius 1 is 1.07 bits per heavy atom. The fourth-order valence-corrected chi connectivity index (χ4v) is 5.97. The van der Waals surface area contributed by atoms with Crippen LogP contribution in [0.15, 0.2) is 42.5 Å². The number of carbonyl (C=O) groups excluding carboxylic acids is 3. The number of aryl methyl sites for hydroxylation is 1. The Kier molecular flexibility index (Phi) is 7.76. The predicted octanol–water partition coefficient (Wildman–Crippen LogP) is 3.66. The number of carboxylic acids is 1. The third-order valence-electron chi connectivity index (χ3n) is 8.60. The van der Waals surface area contributed by atoms with Crippen LogP contribution in [0.3, 0.4) is 0 Å². The summed E-state index contributed by atoms with van der Waals surface area (Å²) in [6, 6.07) is 10.0. The molecule has 2 aromatic rings. The molecule has 1 aliphatic carbocycles. The van der Waals surface area contributed by atoms with E-state index in [1.807, 2.05) is 18.7 Å². The van der Waals surface area contributed by atoms with E-state index < -0.39 is 29.3 Å². The van der Waals surface area contributed by atoms with Gasteiger partial charge in [-0.2, -0.15) is 0 Å². The van der Waals surface area contributed by atoms with Crippen molar-refractivity contribution in [2.24, 2.45) is 11.8 Å². The maximum atomic E-state index is 14.4. The van der Waals surface area contributed by atoms with Crippen molar-refractivity contribution in [3.8, 4) is 0 Å². The van der Waals surface area contributed by atoms with Crippen LogP contribution in [-0.2, 0) is 9.59 Å². The Morgan fingerprint density at radius 2 is 1.73 bits per heavy atom. The fourth-order valence-electron chi connectivity index (χ4n) is 5.97. The molecule has 2 N–H and O–H groups in total. The Bertz CT molecular complexity index is 1350. The van der Waals surface area contributed by atoms with Crippen LogP contribution in [-0.4, -0.2) is 76.5 Å². The Morgan fingerprint density at radius 3 is 2.32 bits per heavy atom. The number of amides is 3. The van der Waals surface area contributed by atoms with Crippen LogP contribution in [0, 0.1) is 24.6 Å². The molecule has 41 heavy (non-hydrogen) atoms. The molecule has 3 fully saturated rings. The molecular weight excluding hydrogens is 527 g/mol. The van der Waals surface area contributed by atoms with Crippen LogP contribution in [0.1, 0.15) is 65.8 Å². The van der Waals surface area contributed by atoms with Gasteiger partial charge >= 0.3 is 5.97 Å². The van der Waals surface area contributed by atoms with E-state index in [2.05, 4.69) is 10.2 Å². The zero-order chi connectivity index (χ0) is 29.5. The second-order valence-corrected chi connectivity index (χ2v) is 11.9. The van der Waals surface area contributed by atoms with Crippen LogP contribution in [0.5, 0.6) is 0 Å². The number of piperidine rings is 1. The summed E-state index contributed by atoms with van der Waals surface area (Å²) < 4.78 is 14.4. The smallest absolute Gasteiger partial charge is 0.335 e. The number of likely N-dealkylation sites (tertiary alicyclic amines) is 1. The van der Waals surface area contributed by atoms with E-state index in [0.29, 0.717) is 45.1 Å². The lowest BCUT2D eigenvalue weighted by Gasteiger charge is -2.44. The lowest BCUT2D eigenvalue weighted by molar-refractivity contribution is -0.140. The summed E-state index contributed by atoms with van der Waals surface area (Å²) in [4.78, 5) is 57.5. The number of nitrogens with zero attached hydrogens (tertiary/aromatic N) is 3. The average Bonchev–Trinajstić information content (AvgIpc) is 3.74. The van der Waals surface area contributed by atoms with Gasteiger partial charge in [0.2, 0.25) is 11.8 Å². The maximum Gasteiger partial charge on any atom is 0.335 e. The number of hydrogen-bond donors (Lipinski definition) is 2. The van der Waals surface area contributed by atoms with E-state index >= 15 is 0 Å². The van der Waals surface area contributed by atoms with Gasteiger partial charge in [0.1, 0.15) is 17.4 Å². The molecular formula is C31H37FN4O5. The molecule has 1 atom stereocenters. The van der Waals surface area contributed by atoms with Gasteiger partial charge in [0.15, 0.2) is 0 Å². The van der Waals surface area contributed by atoms with Gasteiger partial charge in [-0.05, 0) is 80.8 Å². The number of nitrogens with one attached hydrogen (secondary N) is 1. The van der Waals surface area contributed by atoms with Gasteiger partial charge < -0.3 is 25.1 Å². The topological polar surface area (TPSA) is 110 Å². The van der Waals surface area contributed by atoms with Crippen molar-refractivity contribution >= 4 is 29.4 Å². The predicted molar refractivity (Wildman–Crippen MR) is 151 cm³/mol. The number of carboxylic acid groups (broad SMARTS) is 1. The van der Waals surface area contributed by atoms with E-state index in [1.165, 1.54) is 12.1 Å². The summed E-state index contributed by atoms with van der Waals surface area (Å²) in [7, 11) is 0. The monoisotopic (exact) mass is 564 g/mol. The minimum absolute atomic E-state index is 0.0439. The lowest BCUT2D eigenvalue weighted by atomic mass is 9.84. The number of halogens is 1. The normalized spacial score (nSPS) is 19.1. The van der Waals surface area contributed by atoms with Crippen molar-refractivity contribution < 1.29 is 28.7 Å². The highest BCUT2D eigenvalue weighted by atomic mass is 19.1. The van der Waals surface area contributed by atoms with Gasteiger partial charge in [-0.3, -0.25) is 14.4 Å². The summed E-state index contributed by atoms with van der Waals surface area (Å²) in [5, 5.41) is 12.1. The second-order valence-electron chi connectivity index (χ2n) is 11.9. The first-order chi connectivity index (χ1) is 19.5. The van der Waals surface area contributed by atoms with Gasteiger partial charge in [0, 0.05) is 25.3 Å². The zero-order valence-corrected chi connectivity index (χ0v) is 23.7. The van der Waals surface area contributed by atoms with Crippen LogP contribution < -0.4 is 10.2 Å². The maximum absolute atomic E-state index is 14.4. The molecule has 9 nitrogen and oxygen atoms in total. The van der Waals surface area contributed by atoms with E-state index in [4.69, 9.17) is 0 Å². The Balaban J connectivity index is 1.33. The third-order valence-corrected chi connectivity index (χ3v) is 8.60. The van der Waals surface area contributed by atoms with Crippen molar-refractivity contribution in [3.63, 3.8) is 0 Å². The molecule has 10 heteroatoms. The second kappa shape index (κ2) is 11.1. The fraction of sp³-hybridized carbons (Fsp3) is 0.484. The largest absolute Gasteiger partial charge is 0.478 e. The molecule has 0 bridgehead atoms. The van der Waals surface area contributed by atoms with E-state index in [-0.39, 0.29) is 28.9 Å². The average molecular weight is 565 g/mol. The van der Waals surface area contributed by atoms with Crippen molar-refractivity contribution in [2.75, 3.05) is 31.2 Å². The first-order valence-electron chi connectivity index (χ1n) is 14.3. The summed E-state index contributed by atoms with van der Waals surface area (Å²) >= 11 is 0. The van der Waals surface area contributed by atoms with Gasteiger partial charge in [0.05, 0.1) is 17.8 Å². The molecule has 5 rings (SSSR count). The number of anilines is 1. The zero-order valence-electron chi connectivity index (χ0n) is 23.7. The first-order valence-corrected chi connectivity index (χ1v) is 14.3. The molecule has 3 aliphatic rings. The molecule has 0 radical (unpaired) electrons. The van der Waals surface area contributed by atoms with Crippen molar-refractivity contribution in [2.45, 2.75) is 58.0 Å². The quantitative estimate of drug-likeness (QED) is 0.507. The standard InChI is InChI=1S/C31H37FN4O5/c1-19(2)26(33-27(37)24-16-20(3)4-11-25(24)32)28(38)34-14-12-31(13-15-34)30(41)35(17-21-5-6-21)18-36(31)23-9-7-22(8-10-23)29(39)40/h4,7-11,16,19,21,26H,5-6,12-15,17-18H2,1-3H3,(H,33,37)(H,39,40)/t26-/m1/s1. The highest BCUT2D eigenvalue weighted by molar-refractivity contribution is 5.98. The Labute approximate surface area is 239 Å². The minimum atomic E-state index is -1.01. The van der Waals surface area contributed by atoms with Crippen LogP contribution in [0.4, 0.5) is 10.1 Å². The molecule has 2 saturated heterocycles. The van der Waals surface area contributed by atoms with Crippen LogP contribution in [0.25, 0.3) is 0 Å². The lowest BCUT2D eigenvalue weighted by Crippen LogP contribution is -2.60. The molecule has 2 aliphatic heterocycles. The number of aromatic carboxylic acids is 1. The highest BCUT2D eigenvalue weighted by Gasteiger charge is 2.55. The van der Waals surface area contributed by atoms with E-state index in [0.717, 1.165) is 24.1 Å². The first kappa shape index (κ1) is 28.6.